The smallest absolute Gasteiger partial charge is 0.313 e. The second-order valence-electron chi connectivity index (χ2n) is 4.22. The molecule has 100 valence electrons. The van der Waals surface area contributed by atoms with E-state index >= 15 is 0 Å². The Morgan fingerprint density at radius 2 is 2.16 bits per heavy atom. The van der Waals surface area contributed by atoms with Gasteiger partial charge in [0.1, 0.15) is 11.6 Å². The van der Waals surface area contributed by atoms with E-state index in [1.807, 2.05) is 13.8 Å². The van der Waals surface area contributed by atoms with E-state index in [4.69, 9.17) is 4.74 Å². The summed E-state index contributed by atoms with van der Waals surface area (Å²) >= 11 is 3.06. The van der Waals surface area contributed by atoms with Crippen molar-refractivity contribution < 1.29 is 9.13 Å². The molecular formula is C13H12BrFN2O2. The van der Waals surface area contributed by atoms with E-state index in [1.54, 1.807) is 6.20 Å². The monoisotopic (exact) mass is 326 g/mol. The topological polar surface area (TPSA) is 44.1 Å². The molecule has 0 radical (unpaired) electrons. The molecule has 2 rings (SSSR count). The fourth-order valence-electron chi connectivity index (χ4n) is 1.53. The van der Waals surface area contributed by atoms with Crippen molar-refractivity contribution in [2.24, 2.45) is 0 Å². The Bertz CT molecular complexity index is 655. The first-order valence-electron chi connectivity index (χ1n) is 5.69. The van der Waals surface area contributed by atoms with Crippen molar-refractivity contribution in [3.8, 4) is 11.6 Å². The third-order valence-electron chi connectivity index (χ3n) is 2.50. The van der Waals surface area contributed by atoms with Crippen LogP contribution in [-0.4, -0.2) is 9.55 Å². The normalized spacial score (nSPS) is 10.8. The predicted octanol–water partition coefficient (Wildman–Crippen LogP) is 3.52. The zero-order chi connectivity index (χ0) is 14.0. The minimum atomic E-state index is -0.395. The summed E-state index contributed by atoms with van der Waals surface area (Å²) in [6.07, 6.45) is 3.09. The zero-order valence-corrected chi connectivity index (χ0v) is 12.0. The minimum absolute atomic E-state index is 0.0119. The summed E-state index contributed by atoms with van der Waals surface area (Å²) in [5.41, 5.74) is -0.321. The van der Waals surface area contributed by atoms with Gasteiger partial charge in [-0.2, -0.15) is 0 Å². The molecule has 0 fully saturated rings. The quantitative estimate of drug-likeness (QED) is 0.866. The number of rotatable bonds is 3. The van der Waals surface area contributed by atoms with Gasteiger partial charge in [0.2, 0.25) is 0 Å². The molecule has 0 saturated heterocycles. The van der Waals surface area contributed by atoms with Gasteiger partial charge in [0.15, 0.2) is 0 Å². The van der Waals surface area contributed by atoms with Gasteiger partial charge in [-0.1, -0.05) is 0 Å². The average molecular weight is 327 g/mol. The molecule has 1 aromatic carbocycles. The van der Waals surface area contributed by atoms with Gasteiger partial charge in [-0.05, 0) is 48.0 Å². The molecule has 0 aliphatic carbocycles. The van der Waals surface area contributed by atoms with Crippen LogP contribution in [0.4, 0.5) is 4.39 Å². The Kier molecular flexibility index (Phi) is 3.99. The van der Waals surface area contributed by atoms with Crippen molar-refractivity contribution in [2.75, 3.05) is 0 Å². The molecule has 0 aliphatic heterocycles. The molecule has 0 saturated carbocycles. The van der Waals surface area contributed by atoms with Gasteiger partial charge < -0.3 is 9.30 Å². The third-order valence-corrected chi connectivity index (χ3v) is 3.11. The number of aromatic nitrogens is 2. The Labute approximate surface area is 118 Å². The van der Waals surface area contributed by atoms with Crippen molar-refractivity contribution in [2.45, 2.75) is 19.9 Å². The van der Waals surface area contributed by atoms with Crippen LogP contribution in [0, 0.1) is 5.82 Å². The highest BCUT2D eigenvalue weighted by Gasteiger charge is 2.10. The van der Waals surface area contributed by atoms with Gasteiger partial charge in [-0.15, -0.1) is 0 Å². The average Bonchev–Trinajstić information content (AvgIpc) is 2.36. The van der Waals surface area contributed by atoms with E-state index in [0.717, 1.165) is 0 Å². The van der Waals surface area contributed by atoms with Crippen LogP contribution in [0.25, 0.3) is 0 Å². The van der Waals surface area contributed by atoms with E-state index in [2.05, 4.69) is 20.9 Å². The highest BCUT2D eigenvalue weighted by atomic mass is 79.9. The molecule has 4 nitrogen and oxygen atoms in total. The van der Waals surface area contributed by atoms with Gasteiger partial charge in [0.25, 0.3) is 5.88 Å². The van der Waals surface area contributed by atoms with Gasteiger partial charge in [-0.3, -0.25) is 4.79 Å². The van der Waals surface area contributed by atoms with E-state index in [-0.39, 0.29) is 22.0 Å². The maximum atomic E-state index is 13.1. The van der Waals surface area contributed by atoms with E-state index in [9.17, 15) is 9.18 Å². The van der Waals surface area contributed by atoms with Gasteiger partial charge in [-0.25, -0.2) is 9.37 Å². The minimum Gasteiger partial charge on any atom is -0.435 e. The first kappa shape index (κ1) is 13.7. The molecule has 6 heteroatoms. The summed E-state index contributed by atoms with van der Waals surface area (Å²) in [7, 11) is 0. The van der Waals surface area contributed by atoms with Crippen LogP contribution in [0.5, 0.6) is 11.6 Å². The Morgan fingerprint density at radius 1 is 1.42 bits per heavy atom. The summed E-state index contributed by atoms with van der Waals surface area (Å²) in [6, 6.07) is 4.15. The lowest BCUT2D eigenvalue weighted by Crippen LogP contribution is -2.23. The molecule has 0 unspecified atom stereocenters. The molecule has 0 bridgehead atoms. The van der Waals surface area contributed by atoms with Crippen LogP contribution >= 0.6 is 15.9 Å². The summed E-state index contributed by atoms with van der Waals surface area (Å²) in [6.45, 7) is 3.78. The van der Waals surface area contributed by atoms with Crippen LogP contribution in [-0.2, 0) is 0 Å². The molecule has 19 heavy (non-hydrogen) atoms. The lowest BCUT2D eigenvalue weighted by molar-refractivity contribution is 0.435. The number of hydrogen-bond acceptors (Lipinski definition) is 3. The Balaban J connectivity index is 2.36. The second-order valence-corrected chi connectivity index (χ2v) is 5.07. The van der Waals surface area contributed by atoms with Crippen molar-refractivity contribution in [1.82, 2.24) is 9.55 Å². The SMILES string of the molecule is CC(C)n1ccnc(Oc2ccc(F)c(Br)c2)c1=O. The predicted molar refractivity (Wildman–Crippen MR) is 73.1 cm³/mol. The van der Waals surface area contributed by atoms with E-state index in [0.29, 0.717) is 5.75 Å². The maximum absolute atomic E-state index is 13.1. The van der Waals surface area contributed by atoms with Crippen molar-refractivity contribution in [3.05, 3.63) is 51.2 Å². The Morgan fingerprint density at radius 3 is 2.79 bits per heavy atom. The highest BCUT2D eigenvalue weighted by Crippen LogP contribution is 2.24. The summed E-state index contributed by atoms with van der Waals surface area (Å²) in [4.78, 5) is 16.0. The molecule has 1 aromatic heterocycles. The largest absolute Gasteiger partial charge is 0.435 e. The number of hydrogen-bond donors (Lipinski definition) is 0. The number of benzene rings is 1. The van der Waals surface area contributed by atoms with Crippen LogP contribution in [0.15, 0.2) is 39.9 Å². The van der Waals surface area contributed by atoms with Crippen LogP contribution in [0.2, 0.25) is 0 Å². The Hall–Kier alpha value is -1.69. The van der Waals surface area contributed by atoms with Crippen LogP contribution in [0.3, 0.4) is 0 Å². The first-order chi connectivity index (χ1) is 8.99. The maximum Gasteiger partial charge on any atom is 0.313 e. The standard InChI is InChI=1S/C13H12BrFN2O2/c1-8(2)17-6-5-16-12(13(17)18)19-9-3-4-11(15)10(14)7-9/h3-8H,1-2H3. The molecule has 0 atom stereocenters. The van der Waals surface area contributed by atoms with Crippen LogP contribution < -0.4 is 10.3 Å². The number of ether oxygens (including phenoxy) is 1. The fraction of sp³-hybridized carbons (Fsp3) is 0.231. The van der Waals surface area contributed by atoms with E-state index in [1.165, 1.54) is 29.0 Å². The number of nitrogens with zero attached hydrogens (tertiary/aromatic N) is 2. The summed E-state index contributed by atoms with van der Waals surface area (Å²) in [5.74, 6) is -0.0814. The van der Waals surface area contributed by atoms with Crippen molar-refractivity contribution in [3.63, 3.8) is 0 Å². The molecule has 0 amide bonds. The van der Waals surface area contributed by atoms with Gasteiger partial charge in [0, 0.05) is 18.4 Å². The lowest BCUT2D eigenvalue weighted by Gasteiger charge is -2.11. The molecule has 0 spiro atoms. The van der Waals surface area contributed by atoms with Crippen molar-refractivity contribution >= 4 is 15.9 Å². The summed E-state index contributed by atoms with van der Waals surface area (Å²) in [5, 5.41) is 0. The molecule has 2 aromatic rings. The van der Waals surface area contributed by atoms with Crippen LogP contribution in [0.1, 0.15) is 19.9 Å². The first-order valence-corrected chi connectivity index (χ1v) is 6.48. The molecule has 1 heterocycles. The van der Waals surface area contributed by atoms with Crippen molar-refractivity contribution in [1.29, 1.82) is 0 Å². The number of halogens is 2. The van der Waals surface area contributed by atoms with Gasteiger partial charge >= 0.3 is 5.56 Å². The summed E-state index contributed by atoms with van der Waals surface area (Å²) < 4.78 is 20.3. The zero-order valence-electron chi connectivity index (χ0n) is 10.4. The fourth-order valence-corrected chi connectivity index (χ4v) is 1.89. The van der Waals surface area contributed by atoms with Gasteiger partial charge in [0.05, 0.1) is 4.47 Å². The lowest BCUT2D eigenvalue weighted by atomic mass is 10.3. The molecular weight excluding hydrogens is 315 g/mol. The second kappa shape index (κ2) is 5.52. The third kappa shape index (κ3) is 3.01. The molecule has 0 aliphatic rings. The highest BCUT2D eigenvalue weighted by molar-refractivity contribution is 9.10. The molecule has 0 N–H and O–H groups in total. The van der Waals surface area contributed by atoms with E-state index < -0.39 is 5.82 Å².